The van der Waals surface area contributed by atoms with Gasteiger partial charge in [-0.15, -0.1) is 0 Å². The number of rotatable bonds is 5. The summed E-state index contributed by atoms with van der Waals surface area (Å²) in [7, 11) is 0. The van der Waals surface area contributed by atoms with E-state index in [1.54, 1.807) is 28.4 Å². The molecular formula is C37H28ClFN6O4. The maximum absolute atomic E-state index is 14.5. The van der Waals surface area contributed by atoms with Crippen LogP contribution < -0.4 is 15.4 Å². The number of nitrogens with one attached hydrogen (secondary N) is 2. The molecule has 2 atom stereocenters. The molecule has 0 bridgehead atoms. The van der Waals surface area contributed by atoms with Crippen molar-refractivity contribution >= 4 is 17.5 Å². The molecule has 0 saturated carbocycles. The predicted octanol–water partition coefficient (Wildman–Crippen LogP) is 6.57. The number of hydrogen-bond acceptors (Lipinski definition) is 7. The van der Waals surface area contributed by atoms with Crippen molar-refractivity contribution in [1.29, 1.82) is 0 Å². The molecule has 12 heteroatoms. The molecule has 2 aromatic heterocycles. The van der Waals surface area contributed by atoms with Crippen LogP contribution in [0.2, 0.25) is 5.02 Å². The Morgan fingerprint density at radius 1 is 0.898 bits per heavy atom. The molecule has 10 nitrogen and oxygen atoms in total. The van der Waals surface area contributed by atoms with Crippen molar-refractivity contribution in [2.24, 2.45) is 0 Å². The molecule has 49 heavy (non-hydrogen) atoms. The van der Waals surface area contributed by atoms with Gasteiger partial charge in [-0.05, 0) is 74.5 Å². The van der Waals surface area contributed by atoms with Crippen LogP contribution in [0.5, 0.6) is 17.4 Å². The molecule has 2 aliphatic rings. The summed E-state index contributed by atoms with van der Waals surface area (Å²) in [5.74, 6) is -1.78. The van der Waals surface area contributed by atoms with Gasteiger partial charge in [0.2, 0.25) is 11.8 Å². The molecule has 0 aliphatic carbocycles. The molecule has 1 amide bonds. The Balaban J connectivity index is 1.38. The Bertz CT molecular complexity index is 2280. The highest BCUT2D eigenvalue weighted by atomic mass is 35.5. The fraction of sp³-hybridized carbons (Fsp3) is 0.108. The molecule has 4 heterocycles. The van der Waals surface area contributed by atoms with Gasteiger partial charge < -0.3 is 25.6 Å². The number of hydrogen-bond donors (Lipinski definition) is 4. The van der Waals surface area contributed by atoms with Gasteiger partial charge >= 0.3 is 0 Å². The van der Waals surface area contributed by atoms with Gasteiger partial charge in [0.1, 0.15) is 28.0 Å². The van der Waals surface area contributed by atoms with Crippen LogP contribution in [0.3, 0.4) is 0 Å². The lowest BCUT2D eigenvalue weighted by Gasteiger charge is -2.42. The highest BCUT2D eigenvalue weighted by Gasteiger charge is 2.48. The summed E-state index contributed by atoms with van der Waals surface area (Å²) in [6.07, 6.45) is 1.87. The minimum absolute atomic E-state index is 0.146. The second kappa shape index (κ2) is 11.3. The average Bonchev–Trinajstić information content (AvgIpc) is 3.69. The lowest BCUT2D eigenvalue weighted by atomic mass is 9.81. The number of aromatic hydroxyl groups is 2. The highest BCUT2D eigenvalue weighted by molar-refractivity contribution is 6.33. The average molecular weight is 675 g/mol. The Hall–Kier alpha value is -6.07. The molecular weight excluding hydrogens is 647 g/mol. The number of halogens is 2. The minimum atomic E-state index is -1.35. The quantitative estimate of drug-likeness (QED) is 0.163. The van der Waals surface area contributed by atoms with Gasteiger partial charge in [-0.25, -0.2) is 13.8 Å². The summed E-state index contributed by atoms with van der Waals surface area (Å²) < 4.78 is 24.2. The first-order valence-corrected chi connectivity index (χ1v) is 15.8. The van der Waals surface area contributed by atoms with E-state index in [1.807, 2.05) is 73.8 Å². The normalized spacial score (nSPS) is 18.3. The van der Waals surface area contributed by atoms with Crippen LogP contribution in [0, 0.1) is 12.7 Å². The van der Waals surface area contributed by atoms with Crippen LogP contribution in [0.4, 0.5) is 4.39 Å². The van der Waals surface area contributed by atoms with E-state index in [1.165, 1.54) is 24.3 Å². The number of amides is 1. The van der Waals surface area contributed by atoms with Crippen molar-refractivity contribution in [3.63, 3.8) is 0 Å². The SMILES string of the molecule is Cc1nn(-c2ccccc2)c2c1C(c1cn(-c3ccccc3)nc1-c1ccc(F)cc1)C1=C(NC(C)(c3cc(O)c(Cl)c(O)c3)NC1=O)O2. The van der Waals surface area contributed by atoms with Crippen molar-refractivity contribution in [3.8, 4) is 40.0 Å². The Kier molecular flexibility index (Phi) is 6.97. The fourth-order valence-electron chi connectivity index (χ4n) is 6.48. The first-order valence-electron chi connectivity index (χ1n) is 15.4. The third kappa shape index (κ3) is 4.97. The number of phenols is 2. The Morgan fingerprint density at radius 3 is 2.18 bits per heavy atom. The zero-order valence-corrected chi connectivity index (χ0v) is 26.9. The first kappa shape index (κ1) is 30.3. The van der Waals surface area contributed by atoms with Crippen LogP contribution in [0.25, 0.3) is 22.6 Å². The minimum Gasteiger partial charge on any atom is -0.506 e. The molecule has 0 radical (unpaired) electrons. The predicted molar refractivity (Wildman–Crippen MR) is 180 cm³/mol. The second-order valence-corrected chi connectivity index (χ2v) is 12.5. The number of nitrogens with zero attached hydrogens (tertiary/aromatic N) is 4. The molecule has 4 aromatic carbocycles. The number of fused-ring (bicyclic) bond motifs is 1. The Labute approximate surface area is 284 Å². The van der Waals surface area contributed by atoms with E-state index in [0.29, 0.717) is 39.5 Å². The van der Waals surface area contributed by atoms with Gasteiger partial charge in [-0.1, -0.05) is 48.0 Å². The number of ether oxygens (including phenoxy) is 1. The molecule has 2 aliphatic heterocycles. The van der Waals surface area contributed by atoms with Gasteiger partial charge in [0, 0.05) is 22.9 Å². The van der Waals surface area contributed by atoms with Gasteiger partial charge in [-0.3, -0.25) is 4.79 Å². The number of phenolic OH excluding ortho intramolecular Hbond substituents is 2. The van der Waals surface area contributed by atoms with E-state index in [0.717, 1.165) is 11.4 Å². The van der Waals surface area contributed by atoms with Gasteiger partial charge in [0.05, 0.1) is 39.8 Å². The van der Waals surface area contributed by atoms with Gasteiger partial charge in [0.15, 0.2) is 0 Å². The van der Waals surface area contributed by atoms with Crippen molar-refractivity contribution in [3.05, 3.63) is 148 Å². The molecule has 2 unspecified atom stereocenters. The first-order chi connectivity index (χ1) is 23.6. The summed E-state index contributed by atoms with van der Waals surface area (Å²) in [5.41, 5.74) is 3.89. The Morgan fingerprint density at radius 2 is 1.53 bits per heavy atom. The number of benzene rings is 4. The topological polar surface area (TPSA) is 126 Å². The number of carbonyl (C=O) groups is 1. The van der Waals surface area contributed by atoms with Crippen LogP contribution >= 0.6 is 11.6 Å². The van der Waals surface area contributed by atoms with Crippen LogP contribution in [-0.4, -0.2) is 35.7 Å². The molecule has 4 N–H and O–H groups in total. The zero-order valence-electron chi connectivity index (χ0n) is 26.1. The van der Waals surface area contributed by atoms with Crippen molar-refractivity contribution < 1.29 is 24.1 Å². The van der Waals surface area contributed by atoms with E-state index in [-0.39, 0.29) is 33.8 Å². The largest absolute Gasteiger partial charge is 0.506 e. The monoisotopic (exact) mass is 674 g/mol. The third-order valence-electron chi connectivity index (χ3n) is 8.86. The third-order valence-corrected chi connectivity index (χ3v) is 9.25. The fourth-order valence-corrected chi connectivity index (χ4v) is 6.59. The molecule has 0 fully saturated rings. The maximum atomic E-state index is 14.5. The highest BCUT2D eigenvalue weighted by Crippen LogP contribution is 2.49. The number of aryl methyl sites for hydroxylation is 1. The van der Waals surface area contributed by atoms with E-state index in [4.69, 9.17) is 26.5 Å². The lowest BCUT2D eigenvalue weighted by molar-refractivity contribution is -0.121. The van der Waals surface area contributed by atoms with Gasteiger partial charge in [-0.2, -0.15) is 10.2 Å². The van der Waals surface area contributed by atoms with Crippen molar-refractivity contribution in [2.45, 2.75) is 25.4 Å². The zero-order chi connectivity index (χ0) is 34.0. The van der Waals surface area contributed by atoms with E-state index in [9.17, 15) is 19.4 Å². The van der Waals surface area contributed by atoms with Crippen LogP contribution in [0.15, 0.2) is 115 Å². The smallest absolute Gasteiger partial charge is 0.255 e. The maximum Gasteiger partial charge on any atom is 0.255 e. The molecule has 8 rings (SSSR count). The molecule has 0 saturated heterocycles. The number of aromatic nitrogens is 4. The van der Waals surface area contributed by atoms with Crippen LogP contribution in [-0.2, 0) is 10.5 Å². The van der Waals surface area contributed by atoms with Gasteiger partial charge in [0.25, 0.3) is 5.91 Å². The molecule has 0 spiro atoms. The molecule has 6 aromatic rings. The summed E-state index contributed by atoms with van der Waals surface area (Å²) in [6, 6.07) is 27.8. The van der Waals surface area contributed by atoms with Crippen LogP contribution in [0.1, 0.15) is 35.2 Å². The van der Waals surface area contributed by atoms with E-state index < -0.39 is 17.5 Å². The summed E-state index contributed by atoms with van der Waals surface area (Å²) in [6.45, 7) is 3.54. The summed E-state index contributed by atoms with van der Waals surface area (Å²) >= 11 is 6.03. The van der Waals surface area contributed by atoms with E-state index in [2.05, 4.69) is 10.6 Å². The van der Waals surface area contributed by atoms with Crippen molar-refractivity contribution in [1.82, 2.24) is 30.2 Å². The standard InChI is InChI=1S/C37H28ClFN6O4/c1-20-29-30(26-19-44(24-9-5-3-6-10-24)43-33(26)21-13-15-23(39)16-14-21)31-34(48)40-37(2,22-17-27(46)32(38)28(47)18-22)41-35(31)49-36(29)45(42-20)25-11-7-4-8-12-25/h3-19,30,41,46-47H,1-2H3,(H,40,48). The molecule has 244 valence electrons. The summed E-state index contributed by atoms with van der Waals surface area (Å²) in [5, 5.41) is 36.9. The van der Waals surface area contributed by atoms with E-state index >= 15 is 0 Å². The number of para-hydroxylation sites is 2. The number of carbonyl (C=O) groups excluding carboxylic acids is 1. The van der Waals surface area contributed by atoms with Crippen molar-refractivity contribution in [2.75, 3.05) is 0 Å². The second-order valence-electron chi connectivity index (χ2n) is 12.1. The lowest BCUT2D eigenvalue weighted by Crippen LogP contribution is -2.59. The summed E-state index contributed by atoms with van der Waals surface area (Å²) in [4.78, 5) is 14.5.